The molecule has 18 heavy (non-hydrogen) atoms. The van der Waals surface area contributed by atoms with Gasteiger partial charge in [0, 0.05) is 18.6 Å². The van der Waals surface area contributed by atoms with Crippen LogP contribution in [0, 0.1) is 0 Å². The van der Waals surface area contributed by atoms with E-state index in [1.165, 1.54) is 24.8 Å². The second-order valence-corrected chi connectivity index (χ2v) is 6.39. The highest BCUT2D eigenvalue weighted by Gasteiger charge is 2.32. The molecule has 1 saturated heterocycles. The highest BCUT2D eigenvalue weighted by atomic mass is 32.1. The Morgan fingerprint density at radius 1 is 1.56 bits per heavy atom. The third-order valence-corrected chi connectivity index (χ3v) is 4.71. The van der Waals surface area contributed by atoms with Crippen LogP contribution in [0.25, 0.3) is 0 Å². The van der Waals surface area contributed by atoms with Crippen molar-refractivity contribution in [3.05, 3.63) is 22.4 Å². The molecule has 0 unspecified atom stereocenters. The highest BCUT2D eigenvalue weighted by Crippen LogP contribution is 2.32. The van der Waals surface area contributed by atoms with Crippen molar-refractivity contribution in [2.75, 3.05) is 13.1 Å². The Morgan fingerprint density at radius 3 is 3.06 bits per heavy atom. The van der Waals surface area contributed by atoms with Crippen molar-refractivity contribution in [1.82, 2.24) is 10.2 Å². The Balaban J connectivity index is 1.55. The summed E-state index contributed by atoms with van der Waals surface area (Å²) in [4.78, 5) is 14.2. The maximum absolute atomic E-state index is 11.8. The summed E-state index contributed by atoms with van der Waals surface area (Å²) in [6, 6.07) is 3.21. The molecule has 2 heterocycles. The summed E-state index contributed by atoms with van der Waals surface area (Å²) < 4.78 is 0. The van der Waals surface area contributed by atoms with Crippen molar-refractivity contribution < 1.29 is 4.79 Å². The van der Waals surface area contributed by atoms with Gasteiger partial charge >= 0.3 is 0 Å². The number of nitrogens with one attached hydrogen (secondary N) is 1. The second kappa shape index (κ2) is 5.02. The van der Waals surface area contributed by atoms with Gasteiger partial charge in [-0.25, -0.2) is 0 Å². The zero-order valence-electron chi connectivity index (χ0n) is 10.8. The fourth-order valence-corrected chi connectivity index (χ4v) is 3.50. The molecule has 0 spiro atoms. The van der Waals surface area contributed by atoms with Crippen LogP contribution in [0.15, 0.2) is 16.8 Å². The van der Waals surface area contributed by atoms with Crippen LogP contribution in [0.5, 0.6) is 0 Å². The lowest BCUT2D eigenvalue weighted by Gasteiger charge is -2.20. The molecule has 2 aliphatic rings. The van der Waals surface area contributed by atoms with Gasteiger partial charge in [-0.15, -0.1) is 0 Å². The molecular formula is C14H20N2OS. The van der Waals surface area contributed by atoms with Crippen LogP contribution in [0.1, 0.15) is 37.7 Å². The first kappa shape index (κ1) is 12.2. The van der Waals surface area contributed by atoms with Crippen LogP contribution in [-0.2, 0) is 4.79 Å². The summed E-state index contributed by atoms with van der Waals surface area (Å²) in [6.45, 7) is 3.82. The number of rotatable bonds is 4. The van der Waals surface area contributed by atoms with Gasteiger partial charge < -0.3 is 5.32 Å². The molecule has 4 heteroatoms. The normalized spacial score (nSPS) is 28.5. The Hall–Kier alpha value is -0.870. The van der Waals surface area contributed by atoms with Gasteiger partial charge in [0.25, 0.3) is 0 Å². The van der Waals surface area contributed by atoms with Gasteiger partial charge in [-0.05, 0) is 54.5 Å². The lowest BCUT2D eigenvalue weighted by Crippen LogP contribution is -2.39. The van der Waals surface area contributed by atoms with E-state index in [0.29, 0.717) is 24.5 Å². The molecule has 1 amide bonds. The molecule has 0 radical (unpaired) electrons. The molecule has 1 aliphatic carbocycles. The molecule has 1 aromatic heterocycles. The van der Waals surface area contributed by atoms with Crippen LogP contribution in [0.4, 0.5) is 0 Å². The van der Waals surface area contributed by atoms with Crippen molar-refractivity contribution in [1.29, 1.82) is 0 Å². The summed E-state index contributed by atoms with van der Waals surface area (Å²) in [7, 11) is 0. The minimum Gasteiger partial charge on any atom is -0.352 e. The summed E-state index contributed by atoms with van der Waals surface area (Å²) in [5, 5.41) is 7.45. The second-order valence-electron chi connectivity index (χ2n) is 5.61. The Kier molecular flexibility index (Phi) is 3.39. The molecule has 2 atom stereocenters. The first-order chi connectivity index (χ1) is 8.72. The highest BCUT2D eigenvalue weighted by molar-refractivity contribution is 7.07. The average molecular weight is 264 g/mol. The molecule has 1 aliphatic heterocycles. The number of hydrogen-bond donors (Lipinski definition) is 1. The number of carbonyl (C=O) groups excluding carboxylic acids is 1. The van der Waals surface area contributed by atoms with Crippen LogP contribution < -0.4 is 5.32 Å². The number of amides is 1. The minimum atomic E-state index is 0.204. The van der Waals surface area contributed by atoms with Crippen molar-refractivity contribution >= 4 is 17.2 Å². The molecule has 3 nitrogen and oxygen atoms in total. The maximum atomic E-state index is 11.8. The summed E-state index contributed by atoms with van der Waals surface area (Å²) >= 11 is 1.76. The molecule has 1 aromatic rings. The van der Waals surface area contributed by atoms with E-state index in [0.717, 1.165) is 6.54 Å². The molecular weight excluding hydrogens is 244 g/mol. The first-order valence-corrected chi connectivity index (χ1v) is 7.72. The van der Waals surface area contributed by atoms with Crippen LogP contribution in [0.3, 0.4) is 0 Å². The van der Waals surface area contributed by atoms with E-state index in [4.69, 9.17) is 0 Å². The lowest BCUT2D eigenvalue weighted by atomic mass is 10.00. The minimum absolute atomic E-state index is 0.204. The van der Waals surface area contributed by atoms with Gasteiger partial charge in [0.2, 0.25) is 5.91 Å². The predicted molar refractivity (Wildman–Crippen MR) is 73.9 cm³/mol. The monoisotopic (exact) mass is 264 g/mol. The van der Waals surface area contributed by atoms with Gasteiger partial charge in [0.1, 0.15) is 0 Å². The van der Waals surface area contributed by atoms with Crippen molar-refractivity contribution in [2.45, 2.75) is 44.2 Å². The molecule has 0 aromatic carbocycles. The molecule has 1 saturated carbocycles. The zero-order chi connectivity index (χ0) is 12.5. The van der Waals surface area contributed by atoms with E-state index in [2.05, 4.69) is 34.0 Å². The number of carbonyl (C=O) groups is 1. The first-order valence-electron chi connectivity index (χ1n) is 6.78. The number of thiophene rings is 1. The van der Waals surface area contributed by atoms with Gasteiger partial charge in [-0.1, -0.05) is 0 Å². The smallest absolute Gasteiger partial charge is 0.234 e. The van der Waals surface area contributed by atoms with E-state index in [1.54, 1.807) is 11.3 Å². The van der Waals surface area contributed by atoms with E-state index < -0.39 is 0 Å². The maximum Gasteiger partial charge on any atom is 0.234 e. The third kappa shape index (κ3) is 2.75. The van der Waals surface area contributed by atoms with Gasteiger partial charge in [-0.3, -0.25) is 9.69 Å². The van der Waals surface area contributed by atoms with E-state index in [9.17, 15) is 4.79 Å². The van der Waals surface area contributed by atoms with E-state index in [-0.39, 0.29) is 5.91 Å². The Bertz CT molecular complexity index is 413. The summed E-state index contributed by atoms with van der Waals surface area (Å²) in [6.07, 6.45) is 3.51. The SMILES string of the molecule is C[C@@H]1C[C@H](c2ccsc2)CN1CC(=O)NC1CC1. The fraction of sp³-hybridized carbons (Fsp3) is 0.643. The Morgan fingerprint density at radius 2 is 2.39 bits per heavy atom. The average Bonchev–Trinajstić information content (AvgIpc) is 2.86. The molecule has 98 valence electrons. The number of nitrogens with zero attached hydrogens (tertiary/aromatic N) is 1. The molecule has 2 fully saturated rings. The van der Waals surface area contributed by atoms with Crippen molar-refractivity contribution in [2.24, 2.45) is 0 Å². The van der Waals surface area contributed by atoms with Gasteiger partial charge in [0.15, 0.2) is 0 Å². The zero-order valence-corrected chi connectivity index (χ0v) is 11.6. The standard InChI is InChI=1S/C14H20N2OS/c1-10-6-12(11-4-5-18-9-11)7-16(10)8-14(17)15-13-2-3-13/h4-5,9-10,12-13H,2-3,6-8H2,1H3,(H,15,17)/t10-,12+/m1/s1. The van der Waals surface area contributed by atoms with Crippen molar-refractivity contribution in [3.63, 3.8) is 0 Å². The summed E-state index contributed by atoms with van der Waals surface area (Å²) in [5.41, 5.74) is 1.44. The van der Waals surface area contributed by atoms with Crippen molar-refractivity contribution in [3.8, 4) is 0 Å². The number of hydrogen-bond acceptors (Lipinski definition) is 3. The van der Waals surface area contributed by atoms with Crippen LogP contribution in [-0.4, -0.2) is 36.0 Å². The predicted octanol–water partition coefficient (Wildman–Crippen LogP) is 2.20. The summed E-state index contributed by atoms with van der Waals surface area (Å²) in [5.74, 6) is 0.815. The number of likely N-dealkylation sites (tertiary alicyclic amines) is 1. The third-order valence-electron chi connectivity index (χ3n) is 4.01. The Labute approximate surface area is 112 Å². The lowest BCUT2D eigenvalue weighted by molar-refractivity contribution is -0.122. The van der Waals surface area contributed by atoms with Crippen LogP contribution >= 0.6 is 11.3 Å². The van der Waals surface area contributed by atoms with E-state index in [1.807, 2.05) is 0 Å². The quantitative estimate of drug-likeness (QED) is 0.904. The molecule has 3 rings (SSSR count). The van der Waals surface area contributed by atoms with Gasteiger partial charge in [0.05, 0.1) is 6.54 Å². The van der Waals surface area contributed by atoms with E-state index >= 15 is 0 Å². The molecule has 0 bridgehead atoms. The topological polar surface area (TPSA) is 32.3 Å². The molecule has 1 N–H and O–H groups in total. The van der Waals surface area contributed by atoms with Crippen LogP contribution in [0.2, 0.25) is 0 Å². The largest absolute Gasteiger partial charge is 0.352 e. The van der Waals surface area contributed by atoms with Gasteiger partial charge in [-0.2, -0.15) is 11.3 Å². The fourth-order valence-electron chi connectivity index (χ4n) is 2.75.